The molecule has 0 bridgehead atoms. The summed E-state index contributed by atoms with van der Waals surface area (Å²) in [5.41, 5.74) is 0. The van der Waals surface area contributed by atoms with Gasteiger partial charge in [-0.05, 0) is 13.3 Å². The van der Waals surface area contributed by atoms with Crippen LogP contribution in [0.5, 0.6) is 0 Å². The SMILES string of the molecule is CC1CC(NCCC#N)c2nccn21. The van der Waals surface area contributed by atoms with Crippen molar-refractivity contribution < 1.29 is 0 Å². The average Bonchev–Trinajstić information content (AvgIpc) is 2.72. The van der Waals surface area contributed by atoms with Crippen LogP contribution in [0.25, 0.3) is 0 Å². The summed E-state index contributed by atoms with van der Waals surface area (Å²) < 4.78 is 2.20. The largest absolute Gasteiger partial charge is 0.331 e. The second-order valence-corrected chi connectivity index (χ2v) is 3.69. The second-order valence-electron chi connectivity index (χ2n) is 3.69. The van der Waals surface area contributed by atoms with Crippen molar-refractivity contribution in [3.63, 3.8) is 0 Å². The molecule has 1 aliphatic rings. The quantitative estimate of drug-likeness (QED) is 0.733. The molecule has 4 heteroatoms. The van der Waals surface area contributed by atoms with Crippen LogP contribution < -0.4 is 5.32 Å². The van der Waals surface area contributed by atoms with Gasteiger partial charge >= 0.3 is 0 Å². The zero-order valence-corrected chi connectivity index (χ0v) is 8.27. The van der Waals surface area contributed by atoms with Gasteiger partial charge in [0.05, 0.1) is 12.1 Å². The van der Waals surface area contributed by atoms with Gasteiger partial charge in [-0.1, -0.05) is 0 Å². The topological polar surface area (TPSA) is 53.6 Å². The molecule has 0 aromatic carbocycles. The molecule has 0 radical (unpaired) electrons. The lowest BCUT2D eigenvalue weighted by atomic mass is 10.1. The van der Waals surface area contributed by atoms with Crippen molar-refractivity contribution in [2.24, 2.45) is 0 Å². The van der Waals surface area contributed by atoms with Crippen molar-refractivity contribution in [3.05, 3.63) is 18.2 Å². The third-order valence-electron chi connectivity index (χ3n) is 2.69. The van der Waals surface area contributed by atoms with Gasteiger partial charge in [0.2, 0.25) is 0 Å². The van der Waals surface area contributed by atoms with Gasteiger partial charge in [-0.3, -0.25) is 0 Å². The highest BCUT2D eigenvalue weighted by Gasteiger charge is 2.27. The Morgan fingerprint density at radius 1 is 1.79 bits per heavy atom. The first kappa shape index (κ1) is 9.22. The molecule has 1 aromatic rings. The van der Waals surface area contributed by atoms with Gasteiger partial charge in [-0.15, -0.1) is 0 Å². The number of aromatic nitrogens is 2. The third-order valence-corrected chi connectivity index (χ3v) is 2.69. The predicted octanol–water partition coefficient (Wildman–Crippen LogP) is 1.39. The third kappa shape index (κ3) is 1.51. The van der Waals surface area contributed by atoms with Gasteiger partial charge in [-0.2, -0.15) is 5.26 Å². The minimum absolute atomic E-state index is 0.327. The van der Waals surface area contributed by atoms with Crippen LogP contribution in [0.3, 0.4) is 0 Å². The summed E-state index contributed by atoms with van der Waals surface area (Å²) in [5.74, 6) is 1.11. The number of nitrogens with one attached hydrogen (secondary N) is 1. The second kappa shape index (κ2) is 3.81. The van der Waals surface area contributed by atoms with Crippen molar-refractivity contribution in [2.45, 2.75) is 31.8 Å². The molecule has 74 valence electrons. The molecule has 2 heterocycles. The standard InChI is InChI=1S/C10H14N4/c1-8-7-9(12-4-2-3-11)10-13-5-6-14(8)10/h5-6,8-9,12H,2,4,7H2,1H3. The first-order valence-corrected chi connectivity index (χ1v) is 4.96. The van der Waals surface area contributed by atoms with Crippen molar-refractivity contribution in [1.82, 2.24) is 14.9 Å². The van der Waals surface area contributed by atoms with Crippen LogP contribution in [0, 0.1) is 11.3 Å². The molecule has 0 aliphatic carbocycles. The number of imidazole rings is 1. The smallest absolute Gasteiger partial charge is 0.126 e. The molecule has 1 aliphatic heterocycles. The molecule has 4 nitrogen and oxygen atoms in total. The van der Waals surface area contributed by atoms with Crippen molar-refractivity contribution in [3.8, 4) is 6.07 Å². The Morgan fingerprint density at radius 2 is 2.64 bits per heavy atom. The van der Waals surface area contributed by atoms with Crippen molar-refractivity contribution >= 4 is 0 Å². The zero-order chi connectivity index (χ0) is 9.97. The molecular formula is C10H14N4. The van der Waals surface area contributed by atoms with E-state index in [1.54, 1.807) is 0 Å². The van der Waals surface area contributed by atoms with Crippen molar-refractivity contribution in [2.75, 3.05) is 6.54 Å². The highest BCUT2D eigenvalue weighted by Crippen LogP contribution is 2.32. The Bertz CT molecular complexity index is 349. The molecule has 14 heavy (non-hydrogen) atoms. The minimum Gasteiger partial charge on any atom is -0.331 e. The lowest BCUT2D eigenvalue weighted by Gasteiger charge is -2.09. The van der Waals surface area contributed by atoms with Crippen LogP contribution in [-0.2, 0) is 0 Å². The van der Waals surface area contributed by atoms with E-state index in [0.717, 1.165) is 18.8 Å². The maximum absolute atomic E-state index is 8.44. The Hall–Kier alpha value is -1.34. The molecule has 1 aromatic heterocycles. The van der Waals surface area contributed by atoms with Crippen LogP contribution in [0.4, 0.5) is 0 Å². The fraction of sp³-hybridized carbons (Fsp3) is 0.600. The molecule has 0 saturated carbocycles. The van der Waals surface area contributed by atoms with Crippen LogP contribution in [0.1, 0.15) is 37.7 Å². The van der Waals surface area contributed by atoms with E-state index in [0.29, 0.717) is 18.5 Å². The van der Waals surface area contributed by atoms with E-state index < -0.39 is 0 Å². The Kier molecular flexibility index (Phi) is 2.51. The summed E-state index contributed by atoms with van der Waals surface area (Å²) in [4.78, 5) is 4.32. The monoisotopic (exact) mass is 190 g/mol. The number of hydrogen-bond donors (Lipinski definition) is 1. The van der Waals surface area contributed by atoms with Crippen LogP contribution in [0.15, 0.2) is 12.4 Å². The van der Waals surface area contributed by atoms with Gasteiger partial charge < -0.3 is 9.88 Å². The van der Waals surface area contributed by atoms with E-state index in [-0.39, 0.29) is 0 Å². The summed E-state index contributed by atoms with van der Waals surface area (Å²) >= 11 is 0. The summed E-state index contributed by atoms with van der Waals surface area (Å²) in [7, 11) is 0. The first-order chi connectivity index (χ1) is 6.83. The summed E-state index contributed by atoms with van der Waals surface area (Å²) in [6, 6.07) is 2.98. The maximum atomic E-state index is 8.44. The minimum atomic E-state index is 0.327. The van der Waals surface area contributed by atoms with E-state index in [1.165, 1.54) is 0 Å². The van der Waals surface area contributed by atoms with E-state index in [4.69, 9.17) is 5.26 Å². The van der Waals surface area contributed by atoms with Crippen molar-refractivity contribution in [1.29, 1.82) is 5.26 Å². The molecule has 0 spiro atoms. The number of hydrogen-bond acceptors (Lipinski definition) is 3. The molecule has 1 N–H and O–H groups in total. The predicted molar refractivity (Wildman–Crippen MR) is 52.5 cm³/mol. The molecule has 0 amide bonds. The highest BCUT2D eigenvalue weighted by molar-refractivity contribution is 5.07. The molecule has 2 unspecified atom stereocenters. The van der Waals surface area contributed by atoms with Gasteiger partial charge in [0.1, 0.15) is 5.82 Å². The number of nitrogens with zero attached hydrogens (tertiary/aromatic N) is 3. The van der Waals surface area contributed by atoms with Gasteiger partial charge in [0.15, 0.2) is 0 Å². The summed E-state index contributed by atoms with van der Waals surface area (Å²) in [6.07, 6.45) is 5.50. The fourth-order valence-corrected chi connectivity index (χ4v) is 2.00. The molecule has 0 saturated heterocycles. The van der Waals surface area contributed by atoms with E-state index in [1.807, 2.05) is 12.4 Å². The number of nitriles is 1. The fourth-order valence-electron chi connectivity index (χ4n) is 2.00. The Morgan fingerprint density at radius 3 is 3.43 bits per heavy atom. The van der Waals surface area contributed by atoms with Gasteiger partial charge in [0.25, 0.3) is 0 Å². The normalized spacial score (nSPS) is 24.6. The summed E-state index contributed by atoms with van der Waals surface area (Å²) in [5, 5.41) is 11.8. The lowest BCUT2D eigenvalue weighted by molar-refractivity contribution is 0.488. The Balaban J connectivity index is 2.01. The number of rotatable bonds is 3. The highest BCUT2D eigenvalue weighted by atomic mass is 15.2. The van der Waals surface area contributed by atoms with Gasteiger partial charge in [0, 0.05) is 31.4 Å². The van der Waals surface area contributed by atoms with Crippen LogP contribution in [0.2, 0.25) is 0 Å². The first-order valence-electron chi connectivity index (χ1n) is 4.96. The van der Waals surface area contributed by atoms with Crippen LogP contribution >= 0.6 is 0 Å². The van der Waals surface area contributed by atoms with Crippen LogP contribution in [-0.4, -0.2) is 16.1 Å². The number of fused-ring (bicyclic) bond motifs is 1. The molecule has 2 atom stereocenters. The van der Waals surface area contributed by atoms with E-state index in [9.17, 15) is 0 Å². The average molecular weight is 190 g/mol. The lowest BCUT2D eigenvalue weighted by Crippen LogP contribution is -2.20. The zero-order valence-electron chi connectivity index (χ0n) is 8.27. The molecular weight excluding hydrogens is 176 g/mol. The van der Waals surface area contributed by atoms with E-state index in [2.05, 4.69) is 27.9 Å². The Labute approximate surface area is 83.6 Å². The molecule has 0 fully saturated rings. The van der Waals surface area contributed by atoms with E-state index >= 15 is 0 Å². The molecule has 2 rings (SSSR count). The van der Waals surface area contributed by atoms with Gasteiger partial charge in [-0.25, -0.2) is 4.98 Å². The summed E-state index contributed by atoms with van der Waals surface area (Å²) in [6.45, 7) is 2.94. The maximum Gasteiger partial charge on any atom is 0.126 e.